The number of nitrogens with zero attached hydrogens (tertiary/aromatic N) is 3. The molecule has 1 aromatic carbocycles. The molecule has 0 bridgehead atoms. The van der Waals surface area contributed by atoms with Crippen molar-refractivity contribution in [3.05, 3.63) is 23.8 Å². The number of nitrogens with one attached hydrogen (secondary N) is 1. The molecule has 2 amide bonds. The Bertz CT molecular complexity index is 1020. The number of carbonyl (C=O) groups is 2. The number of amides is 2. The Labute approximate surface area is 201 Å². The van der Waals surface area contributed by atoms with Gasteiger partial charge in [0, 0.05) is 38.9 Å². The predicted molar refractivity (Wildman–Crippen MR) is 127 cm³/mol. The highest BCUT2D eigenvalue weighted by atomic mass is 32.2. The van der Waals surface area contributed by atoms with Gasteiger partial charge in [0.15, 0.2) is 0 Å². The van der Waals surface area contributed by atoms with Crippen molar-refractivity contribution in [3.63, 3.8) is 0 Å². The van der Waals surface area contributed by atoms with Gasteiger partial charge in [0.25, 0.3) is 5.91 Å². The predicted octanol–water partition coefficient (Wildman–Crippen LogP) is 0.993. The first-order valence-corrected chi connectivity index (χ1v) is 13.5. The van der Waals surface area contributed by atoms with Crippen LogP contribution < -0.4 is 9.46 Å². The summed E-state index contributed by atoms with van der Waals surface area (Å²) in [6.45, 7) is 5.03. The molecule has 3 heterocycles. The van der Waals surface area contributed by atoms with Crippen molar-refractivity contribution >= 4 is 27.5 Å². The third kappa shape index (κ3) is 5.47. The summed E-state index contributed by atoms with van der Waals surface area (Å²) in [5.41, 5.74) is 0.634. The van der Waals surface area contributed by atoms with Gasteiger partial charge in [-0.1, -0.05) is 0 Å². The number of carbonyl (C=O) groups excluding carboxylic acids is 2. The SMILES string of the molecule is CCS(=O)(=O)Nc1ccc2c(c1)C(=O)N(C)[C@@H]1CC[C@H](CC(=O)N3CCN(C)CC3)O[C@@H]1CO2. The highest BCUT2D eigenvalue weighted by Crippen LogP contribution is 2.33. The van der Waals surface area contributed by atoms with Gasteiger partial charge in [-0.2, -0.15) is 0 Å². The highest BCUT2D eigenvalue weighted by molar-refractivity contribution is 7.92. The van der Waals surface area contributed by atoms with Gasteiger partial charge in [-0.3, -0.25) is 14.3 Å². The smallest absolute Gasteiger partial charge is 0.257 e. The Kier molecular flexibility index (Phi) is 7.34. The van der Waals surface area contributed by atoms with Crippen molar-refractivity contribution in [2.75, 3.05) is 57.4 Å². The van der Waals surface area contributed by atoms with E-state index in [2.05, 4.69) is 16.7 Å². The molecular formula is C23H34N4O6S. The van der Waals surface area contributed by atoms with Gasteiger partial charge in [-0.05, 0) is 45.0 Å². The second-order valence-electron chi connectivity index (χ2n) is 9.27. The Balaban J connectivity index is 1.44. The van der Waals surface area contributed by atoms with Crippen LogP contribution >= 0.6 is 0 Å². The lowest BCUT2D eigenvalue weighted by Gasteiger charge is -2.42. The first kappa shape index (κ1) is 24.7. The molecule has 1 N–H and O–H groups in total. The van der Waals surface area contributed by atoms with Gasteiger partial charge >= 0.3 is 0 Å². The molecule has 0 saturated carbocycles. The molecule has 0 unspecified atom stereocenters. The van der Waals surface area contributed by atoms with Gasteiger partial charge in [0.05, 0.1) is 29.9 Å². The zero-order valence-electron chi connectivity index (χ0n) is 20.0. The molecule has 4 rings (SSSR count). The largest absolute Gasteiger partial charge is 0.490 e. The fraction of sp³-hybridized carbons (Fsp3) is 0.652. The number of piperazine rings is 1. The zero-order valence-corrected chi connectivity index (χ0v) is 20.8. The van der Waals surface area contributed by atoms with E-state index in [1.54, 1.807) is 31.0 Å². The molecule has 0 aliphatic carbocycles. The molecule has 11 heteroatoms. The second-order valence-corrected chi connectivity index (χ2v) is 11.3. The summed E-state index contributed by atoms with van der Waals surface area (Å²) < 4.78 is 38.6. The van der Waals surface area contributed by atoms with E-state index in [9.17, 15) is 18.0 Å². The lowest BCUT2D eigenvalue weighted by atomic mass is 9.94. The minimum Gasteiger partial charge on any atom is -0.490 e. The van der Waals surface area contributed by atoms with E-state index < -0.39 is 10.0 Å². The van der Waals surface area contributed by atoms with Crippen molar-refractivity contribution in [3.8, 4) is 5.75 Å². The normalized spacial score (nSPS) is 26.1. The van der Waals surface area contributed by atoms with E-state index in [-0.39, 0.29) is 42.4 Å². The molecule has 0 spiro atoms. The van der Waals surface area contributed by atoms with Crippen LogP contribution in [0.1, 0.15) is 36.5 Å². The van der Waals surface area contributed by atoms with Crippen LogP contribution in [0.2, 0.25) is 0 Å². The van der Waals surface area contributed by atoms with Crippen molar-refractivity contribution in [2.45, 2.75) is 44.4 Å². The van der Waals surface area contributed by atoms with Crippen molar-refractivity contribution < 1.29 is 27.5 Å². The molecule has 3 aliphatic heterocycles. The Morgan fingerprint density at radius 3 is 2.59 bits per heavy atom. The Hall–Kier alpha value is -2.37. The molecule has 2 fully saturated rings. The number of ether oxygens (including phenoxy) is 2. The lowest BCUT2D eigenvalue weighted by molar-refractivity contribution is -0.144. The fourth-order valence-electron chi connectivity index (χ4n) is 4.72. The Morgan fingerprint density at radius 2 is 1.88 bits per heavy atom. The molecule has 1 aromatic rings. The van der Waals surface area contributed by atoms with Crippen LogP contribution in [-0.2, 0) is 19.6 Å². The minimum atomic E-state index is -3.46. The summed E-state index contributed by atoms with van der Waals surface area (Å²) >= 11 is 0. The number of likely N-dealkylation sites (N-methyl/N-ethyl adjacent to an activating group) is 2. The summed E-state index contributed by atoms with van der Waals surface area (Å²) in [6, 6.07) is 4.51. The summed E-state index contributed by atoms with van der Waals surface area (Å²) in [4.78, 5) is 31.8. The Morgan fingerprint density at radius 1 is 1.15 bits per heavy atom. The van der Waals surface area contributed by atoms with Crippen LogP contribution in [0.25, 0.3) is 0 Å². The average molecular weight is 495 g/mol. The highest BCUT2D eigenvalue weighted by Gasteiger charge is 2.39. The van der Waals surface area contributed by atoms with E-state index in [0.29, 0.717) is 36.3 Å². The third-order valence-corrected chi connectivity index (χ3v) is 8.23. The van der Waals surface area contributed by atoms with Gasteiger partial charge in [0.2, 0.25) is 15.9 Å². The van der Waals surface area contributed by atoms with Crippen LogP contribution in [0.5, 0.6) is 5.75 Å². The number of fused-ring (bicyclic) bond motifs is 2. The van der Waals surface area contributed by atoms with Crippen LogP contribution in [-0.4, -0.2) is 106 Å². The van der Waals surface area contributed by atoms with Gasteiger partial charge in [-0.25, -0.2) is 8.42 Å². The number of hydrogen-bond acceptors (Lipinski definition) is 7. The molecule has 34 heavy (non-hydrogen) atoms. The van der Waals surface area contributed by atoms with Crippen molar-refractivity contribution in [1.29, 1.82) is 0 Å². The fourth-order valence-corrected chi connectivity index (χ4v) is 5.35. The van der Waals surface area contributed by atoms with Crippen LogP contribution in [0.4, 0.5) is 5.69 Å². The first-order chi connectivity index (χ1) is 16.2. The number of hydrogen-bond donors (Lipinski definition) is 1. The van der Waals surface area contributed by atoms with Gasteiger partial charge in [0.1, 0.15) is 18.5 Å². The average Bonchev–Trinajstić information content (AvgIpc) is 2.82. The first-order valence-electron chi connectivity index (χ1n) is 11.8. The standard InChI is InChI=1S/C23H34N4O6S/c1-4-34(30,31)24-16-5-8-20-18(13-16)23(29)26(3)19-7-6-17(33-21(19)15-32-20)14-22(28)27-11-9-25(2)10-12-27/h5,8,13,17,19,21,24H,4,6-7,9-12,14-15H2,1-3H3/t17-,19-,21-/m1/s1. The molecule has 0 radical (unpaired) electrons. The topological polar surface area (TPSA) is 108 Å². The molecule has 2 saturated heterocycles. The van der Waals surface area contributed by atoms with Crippen LogP contribution in [0.15, 0.2) is 18.2 Å². The summed E-state index contributed by atoms with van der Waals surface area (Å²) in [6.07, 6.45) is 1.17. The maximum absolute atomic E-state index is 13.3. The lowest BCUT2D eigenvalue weighted by Crippen LogP contribution is -2.54. The van der Waals surface area contributed by atoms with Crippen molar-refractivity contribution in [1.82, 2.24) is 14.7 Å². The van der Waals surface area contributed by atoms with Gasteiger partial charge < -0.3 is 24.2 Å². The summed E-state index contributed by atoms with van der Waals surface area (Å²) in [5, 5.41) is 0. The summed E-state index contributed by atoms with van der Waals surface area (Å²) in [7, 11) is 0.328. The van der Waals surface area contributed by atoms with E-state index >= 15 is 0 Å². The van der Waals surface area contributed by atoms with Gasteiger partial charge in [-0.15, -0.1) is 0 Å². The van der Waals surface area contributed by atoms with E-state index in [4.69, 9.17) is 9.47 Å². The molecule has 0 aromatic heterocycles. The van der Waals surface area contributed by atoms with Crippen LogP contribution in [0.3, 0.4) is 0 Å². The molecule has 3 atom stereocenters. The minimum absolute atomic E-state index is 0.0615. The second kappa shape index (κ2) is 10.1. The number of rotatable bonds is 5. The van der Waals surface area contributed by atoms with E-state index in [1.807, 2.05) is 4.90 Å². The maximum atomic E-state index is 13.3. The number of sulfonamides is 1. The molecule has 10 nitrogen and oxygen atoms in total. The van der Waals surface area contributed by atoms with E-state index in [0.717, 1.165) is 26.2 Å². The third-order valence-electron chi connectivity index (χ3n) is 6.92. The number of anilines is 1. The molecular weight excluding hydrogens is 460 g/mol. The maximum Gasteiger partial charge on any atom is 0.257 e. The molecule has 188 valence electrons. The van der Waals surface area contributed by atoms with Crippen LogP contribution in [0, 0.1) is 0 Å². The van der Waals surface area contributed by atoms with E-state index in [1.165, 1.54) is 6.07 Å². The number of benzene rings is 1. The van der Waals surface area contributed by atoms with Crippen molar-refractivity contribution in [2.24, 2.45) is 0 Å². The zero-order chi connectivity index (χ0) is 24.5. The summed E-state index contributed by atoms with van der Waals surface area (Å²) in [5.74, 6) is 0.181. The quantitative estimate of drug-likeness (QED) is 0.650. The molecule has 3 aliphatic rings. The monoisotopic (exact) mass is 494 g/mol.